The standard InChI is InChI=1S/C26H33N3O2S2/c1-6-9-21-19(5)23-24(33-21)27-26(29(25(23)31)20-13-7-10-16(2)14-20)32-15-22(30)28-17(3)11-8-12-18(28)4/h7,10,13-14,17-18H,6,8-9,11-12,15H2,1-5H3/t17-,18+. The first-order valence-corrected chi connectivity index (χ1v) is 13.7. The summed E-state index contributed by atoms with van der Waals surface area (Å²) in [6, 6.07) is 8.44. The lowest BCUT2D eigenvalue weighted by atomic mass is 9.98. The van der Waals surface area contributed by atoms with Gasteiger partial charge in [-0.2, -0.15) is 0 Å². The zero-order valence-electron chi connectivity index (χ0n) is 20.2. The summed E-state index contributed by atoms with van der Waals surface area (Å²) < 4.78 is 1.70. The van der Waals surface area contributed by atoms with Gasteiger partial charge < -0.3 is 4.90 Å². The Morgan fingerprint density at radius 2 is 1.94 bits per heavy atom. The number of aromatic nitrogens is 2. The molecule has 0 radical (unpaired) electrons. The third-order valence-electron chi connectivity index (χ3n) is 6.58. The van der Waals surface area contributed by atoms with Crippen LogP contribution in [0.4, 0.5) is 0 Å². The quantitative estimate of drug-likeness (QED) is 0.324. The molecule has 7 heteroatoms. The Morgan fingerprint density at radius 1 is 1.21 bits per heavy atom. The first-order valence-electron chi connectivity index (χ1n) is 11.9. The highest BCUT2D eigenvalue weighted by Crippen LogP contribution is 2.32. The zero-order valence-corrected chi connectivity index (χ0v) is 21.8. The van der Waals surface area contributed by atoms with Gasteiger partial charge in [0.05, 0.1) is 16.8 Å². The number of fused-ring (bicyclic) bond motifs is 1. The first-order chi connectivity index (χ1) is 15.8. The van der Waals surface area contributed by atoms with Gasteiger partial charge in [-0.1, -0.05) is 37.2 Å². The van der Waals surface area contributed by atoms with Crippen LogP contribution in [0.1, 0.15) is 62.5 Å². The van der Waals surface area contributed by atoms with E-state index in [2.05, 4.69) is 20.8 Å². The van der Waals surface area contributed by atoms with E-state index in [-0.39, 0.29) is 29.3 Å². The van der Waals surface area contributed by atoms with E-state index < -0.39 is 0 Å². The fourth-order valence-corrected chi connectivity index (χ4v) is 7.08. The topological polar surface area (TPSA) is 55.2 Å². The molecule has 2 aromatic heterocycles. The van der Waals surface area contributed by atoms with Gasteiger partial charge in [0.1, 0.15) is 4.83 Å². The van der Waals surface area contributed by atoms with Gasteiger partial charge >= 0.3 is 0 Å². The maximum absolute atomic E-state index is 13.8. The SMILES string of the molecule is CCCc1sc2nc(SCC(=O)N3[C@H](C)CCC[C@@H]3C)n(-c3cccc(C)c3)c(=O)c2c1C. The molecule has 1 aromatic carbocycles. The van der Waals surface area contributed by atoms with Gasteiger partial charge in [0.2, 0.25) is 5.91 Å². The van der Waals surface area contributed by atoms with Crippen molar-refractivity contribution in [2.45, 2.75) is 84.0 Å². The Hall–Kier alpha value is -2.12. The second-order valence-electron chi connectivity index (χ2n) is 9.17. The smallest absolute Gasteiger partial charge is 0.267 e. The largest absolute Gasteiger partial charge is 0.337 e. The van der Waals surface area contributed by atoms with Gasteiger partial charge in [-0.3, -0.25) is 14.2 Å². The summed E-state index contributed by atoms with van der Waals surface area (Å²) >= 11 is 2.99. The van der Waals surface area contributed by atoms with E-state index in [9.17, 15) is 9.59 Å². The number of carbonyl (C=O) groups is 1. The third-order valence-corrected chi connectivity index (χ3v) is 8.74. The summed E-state index contributed by atoms with van der Waals surface area (Å²) in [4.78, 5) is 35.9. The van der Waals surface area contributed by atoms with Gasteiger partial charge in [-0.25, -0.2) is 4.98 Å². The van der Waals surface area contributed by atoms with Crippen molar-refractivity contribution >= 4 is 39.2 Å². The Balaban J connectivity index is 1.76. The molecule has 0 unspecified atom stereocenters. The van der Waals surface area contributed by atoms with Crippen molar-refractivity contribution in [2.24, 2.45) is 0 Å². The van der Waals surface area contributed by atoms with Crippen molar-refractivity contribution < 1.29 is 4.79 Å². The van der Waals surface area contributed by atoms with Crippen molar-refractivity contribution in [3.63, 3.8) is 0 Å². The Kier molecular flexibility index (Phi) is 7.29. The Labute approximate surface area is 204 Å². The normalized spacial score (nSPS) is 18.8. The molecule has 2 atom stereocenters. The van der Waals surface area contributed by atoms with E-state index in [1.807, 2.05) is 43.0 Å². The van der Waals surface area contributed by atoms with E-state index in [0.717, 1.165) is 47.3 Å². The number of aryl methyl sites for hydroxylation is 3. The average Bonchev–Trinajstić information content (AvgIpc) is 3.08. The van der Waals surface area contributed by atoms with E-state index in [0.29, 0.717) is 10.5 Å². The lowest BCUT2D eigenvalue weighted by Crippen LogP contribution is -2.48. The number of rotatable bonds is 6. The fourth-order valence-electron chi connectivity index (χ4n) is 4.88. The molecule has 3 heterocycles. The second-order valence-corrected chi connectivity index (χ2v) is 11.2. The molecule has 1 aliphatic rings. The minimum absolute atomic E-state index is 0.0450. The lowest BCUT2D eigenvalue weighted by Gasteiger charge is -2.39. The molecule has 33 heavy (non-hydrogen) atoms. The monoisotopic (exact) mass is 483 g/mol. The van der Waals surface area contributed by atoms with Crippen LogP contribution < -0.4 is 5.56 Å². The molecule has 5 nitrogen and oxygen atoms in total. The predicted octanol–water partition coefficient (Wildman–Crippen LogP) is 5.90. The molecule has 176 valence electrons. The third kappa shape index (κ3) is 4.76. The molecule has 0 spiro atoms. The number of hydrogen-bond acceptors (Lipinski definition) is 5. The van der Waals surface area contributed by atoms with Crippen LogP contribution in [0, 0.1) is 13.8 Å². The first kappa shape index (κ1) is 24.0. The highest BCUT2D eigenvalue weighted by atomic mass is 32.2. The molecular formula is C26H33N3O2S2. The molecule has 0 aliphatic carbocycles. The maximum atomic E-state index is 13.8. The van der Waals surface area contributed by atoms with Crippen LogP contribution in [0.5, 0.6) is 0 Å². The van der Waals surface area contributed by atoms with Crippen LogP contribution in [0.15, 0.2) is 34.2 Å². The molecule has 1 fully saturated rings. The van der Waals surface area contributed by atoms with Gasteiger partial charge in [0.25, 0.3) is 5.56 Å². The molecule has 4 rings (SSSR count). The number of carbonyl (C=O) groups excluding carboxylic acids is 1. The summed E-state index contributed by atoms with van der Waals surface area (Å²) in [6.07, 6.45) is 5.24. The van der Waals surface area contributed by atoms with Crippen LogP contribution in [0.25, 0.3) is 15.9 Å². The highest BCUT2D eigenvalue weighted by molar-refractivity contribution is 7.99. The molecular weight excluding hydrogens is 450 g/mol. The number of piperidine rings is 1. The highest BCUT2D eigenvalue weighted by Gasteiger charge is 2.29. The summed E-state index contributed by atoms with van der Waals surface area (Å²) in [5, 5.41) is 1.30. The van der Waals surface area contributed by atoms with Crippen molar-refractivity contribution in [3.8, 4) is 5.69 Å². The maximum Gasteiger partial charge on any atom is 0.267 e. The molecule has 1 amide bonds. The van der Waals surface area contributed by atoms with Crippen molar-refractivity contribution in [1.29, 1.82) is 0 Å². The Bertz CT molecular complexity index is 1220. The number of likely N-dealkylation sites (tertiary alicyclic amines) is 1. The van der Waals surface area contributed by atoms with E-state index >= 15 is 0 Å². The minimum Gasteiger partial charge on any atom is -0.337 e. The zero-order chi connectivity index (χ0) is 23.7. The van der Waals surface area contributed by atoms with Crippen molar-refractivity contribution in [2.75, 3.05) is 5.75 Å². The van der Waals surface area contributed by atoms with Crippen LogP contribution in [-0.2, 0) is 11.2 Å². The van der Waals surface area contributed by atoms with Crippen LogP contribution >= 0.6 is 23.1 Å². The molecule has 0 saturated carbocycles. The Morgan fingerprint density at radius 3 is 2.61 bits per heavy atom. The van der Waals surface area contributed by atoms with Crippen LogP contribution in [0.2, 0.25) is 0 Å². The summed E-state index contributed by atoms with van der Waals surface area (Å²) in [7, 11) is 0. The predicted molar refractivity (Wildman–Crippen MR) is 139 cm³/mol. The second kappa shape index (κ2) is 10.0. The molecule has 0 N–H and O–H groups in total. The molecule has 0 bridgehead atoms. The summed E-state index contributed by atoms with van der Waals surface area (Å²) in [5.74, 6) is 0.406. The summed E-state index contributed by atoms with van der Waals surface area (Å²) in [6.45, 7) is 10.5. The van der Waals surface area contributed by atoms with Gasteiger partial charge in [0, 0.05) is 17.0 Å². The average molecular weight is 484 g/mol. The molecule has 1 aliphatic heterocycles. The van der Waals surface area contributed by atoms with Gasteiger partial charge in [0.15, 0.2) is 5.16 Å². The van der Waals surface area contributed by atoms with E-state index in [1.54, 1.807) is 15.9 Å². The van der Waals surface area contributed by atoms with Gasteiger partial charge in [-0.05, 0) is 76.6 Å². The number of thioether (sulfide) groups is 1. The molecule has 3 aromatic rings. The van der Waals surface area contributed by atoms with Crippen molar-refractivity contribution in [1.82, 2.24) is 14.5 Å². The number of hydrogen-bond donors (Lipinski definition) is 0. The lowest BCUT2D eigenvalue weighted by molar-refractivity contribution is -0.134. The summed E-state index contributed by atoms with van der Waals surface area (Å²) in [5.41, 5.74) is 2.87. The fraction of sp³-hybridized carbons (Fsp3) is 0.500. The van der Waals surface area contributed by atoms with Crippen LogP contribution in [0.3, 0.4) is 0 Å². The minimum atomic E-state index is -0.0450. The van der Waals surface area contributed by atoms with E-state index in [1.165, 1.54) is 23.1 Å². The van der Waals surface area contributed by atoms with Gasteiger partial charge in [-0.15, -0.1) is 11.3 Å². The molecule has 1 saturated heterocycles. The number of benzene rings is 1. The van der Waals surface area contributed by atoms with Crippen LogP contribution in [-0.4, -0.2) is 38.2 Å². The van der Waals surface area contributed by atoms with E-state index in [4.69, 9.17) is 4.98 Å². The number of amides is 1. The number of thiophene rings is 1. The number of nitrogens with zero attached hydrogens (tertiary/aromatic N) is 3. The van der Waals surface area contributed by atoms with Crippen molar-refractivity contribution in [3.05, 3.63) is 50.6 Å².